The number of fused-ring (bicyclic) bond motifs is 2. The van der Waals surface area contributed by atoms with Crippen molar-refractivity contribution in [3.63, 3.8) is 0 Å². The van der Waals surface area contributed by atoms with E-state index in [1.807, 2.05) is 26.8 Å². The topological polar surface area (TPSA) is 121 Å². The Morgan fingerprint density at radius 1 is 1.16 bits per heavy atom. The van der Waals surface area contributed by atoms with E-state index >= 15 is 0 Å². The fourth-order valence-electron chi connectivity index (χ4n) is 3.93. The highest BCUT2D eigenvalue weighted by molar-refractivity contribution is 5.93. The number of pyridine rings is 3. The molecule has 0 aromatic carbocycles. The molecule has 9 nitrogen and oxygen atoms in total. The minimum Gasteiger partial charge on any atom is -0.481 e. The lowest BCUT2D eigenvalue weighted by atomic mass is 9.91. The van der Waals surface area contributed by atoms with Crippen molar-refractivity contribution in [3.05, 3.63) is 47.4 Å². The molecule has 4 rings (SSSR count). The summed E-state index contributed by atoms with van der Waals surface area (Å²) in [6, 6.07) is 5.35. The fourth-order valence-corrected chi connectivity index (χ4v) is 3.93. The Kier molecular flexibility index (Phi) is 5.70. The van der Waals surface area contributed by atoms with Gasteiger partial charge in [0.05, 0.1) is 35.9 Å². The number of carbonyl (C=O) groups excluding carboxylic acids is 1. The Morgan fingerprint density at radius 3 is 2.66 bits per heavy atom. The summed E-state index contributed by atoms with van der Waals surface area (Å²) in [6.45, 7) is 6.06. The monoisotopic (exact) mass is 437 g/mol. The quantitative estimate of drug-likeness (QED) is 0.560. The van der Waals surface area contributed by atoms with Crippen molar-refractivity contribution in [3.8, 4) is 5.88 Å². The van der Waals surface area contributed by atoms with Crippen LogP contribution in [0.3, 0.4) is 0 Å². The molecule has 168 valence electrons. The van der Waals surface area contributed by atoms with E-state index in [0.29, 0.717) is 35.4 Å². The van der Waals surface area contributed by atoms with Crippen molar-refractivity contribution in [1.82, 2.24) is 15.0 Å². The fraction of sp³-hybridized carbons (Fsp3) is 0.391. The van der Waals surface area contributed by atoms with Crippen LogP contribution in [0.25, 0.3) is 10.8 Å². The number of hydrogen-bond donors (Lipinski definition) is 2. The van der Waals surface area contributed by atoms with Crippen molar-refractivity contribution < 1.29 is 19.0 Å². The molecule has 0 aliphatic carbocycles. The number of aromatic nitrogens is 3. The maximum absolute atomic E-state index is 12.2. The van der Waals surface area contributed by atoms with Crippen molar-refractivity contribution in [2.24, 2.45) is 5.73 Å². The van der Waals surface area contributed by atoms with E-state index in [0.717, 1.165) is 16.3 Å². The highest BCUT2D eigenvalue weighted by Gasteiger charge is 2.31. The molecule has 0 saturated heterocycles. The molecule has 0 unspecified atom stereocenters. The van der Waals surface area contributed by atoms with Gasteiger partial charge in [-0.2, -0.15) is 0 Å². The van der Waals surface area contributed by atoms with Crippen molar-refractivity contribution in [2.75, 3.05) is 26.1 Å². The van der Waals surface area contributed by atoms with Crippen LogP contribution < -0.4 is 15.8 Å². The van der Waals surface area contributed by atoms with Crippen LogP contribution in [-0.4, -0.2) is 47.9 Å². The first-order chi connectivity index (χ1) is 15.2. The third-order valence-corrected chi connectivity index (χ3v) is 5.82. The minimum absolute atomic E-state index is 0.0112. The second-order valence-electron chi connectivity index (χ2n) is 8.30. The Bertz CT molecular complexity index is 1180. The molecular formula is C23H27N5O4. The van der Waals surface area contributed by atoms with Crippen molar-refractivity contribution in [2.45, 2.75) is 38.3 Å². The summed E-state index contributed by atoms with van der Waals surface area (Å²) in [5.41, 5.74) is 7.77. The van der Waals surface area contributed by atoms with Crippen LogP contribution in [0.2, 0.25) is 0 Å². The molecule has 0 fully saturated rings. The summed E-state index contributed by atoms with van der Waals surface area (Å²) in [5.74, 6) is 1.26. The number of rotatable bonds is 6. The summed E-state index contributed by atoms with van der Waals surface area (Å²) in [7, 11) is 3.17. The molecule has 0 radical (unpaired) electrons. The molecule has 3 atom stereocenters. The number of esters is 1. The number of carbonyl (C=O) groups is 1. The predicted molar refractivity (Wildman–Crippen MR) is 120 cm³/mol. The lowest BCUT2D eigenvalue weighted by Crippen LogP contribution is -2.38. The third kappa shape index (κ3) is 3.85. The average Bonchev–Trinajstić information content (AvgIpc) is 2.76. The molecule has 9 heteroatoms. The lowest BCUT2D eigenvalue weighted by Gasteiger charge is -2.27. The van der Waals surface area contributed by atoms with Gasteiger partial charge >= 0.3 is 5.97 Å². The molecule has 32 heavy (non-hydrogen) atoms. The summed E-state index contributed by atoms with van der Waals surface area (Å²) in [5, 5.41) is 4.83. The van der Waals surface area contributed by atoms with Gasteiger partial charge in [0.15, 0.2) is 0 Å². The Hall–Kier alpha value is -3.30. The molecule has 0 spiro atoms. The van der Waals surface area contributed by atoms with E-state index in [-0.39, 0.29) is 18.0 Å². The molecule has 1 aliphatic rings. The average molecular weight is 438 g/mol. The van der Waals surface area contributed by atoms with Gasteiger partial charge in [0, 0.05) is 31.0 Å². The van der Waals surface area contributed by atoms with Crippen LogP contribution in [0.1, 0.15) is 48.3 Å². The summed E-state index contributed by atoms with van der Waals surface area (Å²) >= 11 is 0. The number of ether oxygens (including phenoxy) is 3. The van der Waals surface area contributed by atoms with E-state index in [4.69, 9.17) is 19.9 Å². The SMILES string of the molecule is COC[C@@](C)(N)c1cnc(OC)c2cnc(Nc3ccc4c(n3)[C@@H](C)[C@@H](C)OC4=O)cc12. The standard InChI is InChI=1S/C23H27N5O4/c1-12-13(2)32-22(29)14-6-7-18(28-20(12)14)27-19-8-15-16(9-25-19)21(31-5)26-10-17(15)23(3,24)11-30-4/h6-10,12-13H,11,24H2,1-5H3,(H,25,27,28)/t12-,13+,23+/m0/s1. The van der Waals surface area contributed by atoms with Gasteiger partial charge in [-0.3, -0.25) is 0 Å². The number of hydrogen-bond acceptors (Lipinski definition) is 9. The Balaban J connectivity index is 1.75. The van der Waals surface area contributed by atoms with Gasteiger partial charge in [-0.1, -0.05) is 6.92 Å². The number of nitrogens with zero attached hydrogens (tertiary/aromatic N) is 3. The molecule has 3 aromatic heterocycles. The summed E-state index contributed by atoms with van der Waals surface area (Å²) in [4.78, 5) is 25.7. The molecular weight excluding hydrogens is 410 g/mol. The number of nitrogens with one attached hydrogen (secondary N) is 1. The minimum atomic E-state index is -0.763. The zero-order valence-electron chi connectivity index (χ0n) is 18.8. The maximum atomic E-state index is 12.2. The lowest BCUT2D eigenvalue weighted by molar-refractivity contribution is 0.0235. The van der Waals surface area contributed by atoms with E-state index in [1.54, 1.807) is 38.7 Å². The first-order valence-electron chi connectivity index (χ1n) is 10.3. The Labute approximate surface area is 186 Å². The van der Waals surface area contributed by atoms with Gasteiger partial charge in [0.1, 0.15) is 17.7 Å². The zero-order chi connectivity index (χ0) is 23.0. The van der Waals surface area contributed by atoms with Crippen LogP contribution in [0, 0.1) is 0 Å². The highest BCUT2D eigenvalue weighted by atomic mass is 16.5. The first kappa shape index (κ1) is 21.9. The molecule has 0 saturated carbocycles. The van der Waals surface area contributed by atoms with Crippen LogP contribution in [0.4, 0.5) is 11.6 Å². The van der Waals surface area contributed by atoms with E-state index in [2.05, 4.69) is 20.3 Å². The smallest absolute Gasteiger partial charge is 0.340 e. The predicted octanol–water partition coefficient (Wildman–Crippen LogP) is 3.26. The van der Waals surface area contributed by atoms with Crippen LogP contribution in [0.5, 0.6) is 5.88 Å². The van der Waals surface area contributed by atoms with Gasteiger partial charge in [-0.05, 0) is 37.4 Å². The molecule has 4 heterocycles. The van der Waals surface area contributed by atoms with Crippen LogP contribution >= 0.6 is 0 Å². The van der Waals surface area contributed by atoms with Gasteiger partial charge < -0.3 is 25.3 Å². The maximum Gasteiger partial charge on any atom is 0.340 e. The molecule has 0 bridgehead atoms. The van der Waals surface area contributed by atoms with E-state index < -0.39 is 5.54 Å². The number of cyclic esters (lactones) is 1. The number of nitrogens with two attached hydrogens (primary N) is 1. The molecule has 0 amide bonds. The number of anilines is 2. The molecule has 1 aliphatic heterocycles. The number of methoxy groups -OCH3 is 2. The van der Waals surface area contributed by atoms with Crippen molar-refractivity contribution >= 4 is 28.4 Å². The zero-order valence-corrected chi connectivity index (χ0v) is 18.8. The van der Waals surface area contributed by atoms with Gasteiger partial charge in [-0.25, -0.2) is 19.7 Å². The third-order valence-electron chi connectivity index (χ3n) is 5.82. The second-order valence-corrected chi connectivity index (χ2v) is 8.30. The van der Waals surface area contributed by atoms with E-state index in [9.17, 15) is 4.79 Å². The van der Waals surface area contributed by atoms with E-state index in [1.165, 1.54) is 0 Å². The van der Waals surface area contributed by atoms with Crippen LogP contribution in [0.15, 0.2) is 30.6 Å². The highest BCUT2D eigenvalue weighted by Crippen LogP contribution is 2.34. The summed E-state index contributed by atoms with van der Waals surface area (Å²) < 4.78 is 16.1. The summed E-state index contributed by atoms with van der Waals surface area (Å²) in [6.07, 6.45) is 3.16. The second kappa shape index (κ2) is 8.33. The normalized spacial score (nSPS) is 19.8. The van der Waals surface area contributed by atoms with Gasteiger partial charge in [0.2, 0.25) is 5.88 Å². The molecule has 3 N–H and O–H groups in total. The Morgan fingerprint density at radius 2 is 1.94 bits per heavy atom. The molecule has 3 aromatic rings. The van der Waals surface area contributed by atoms with Gasteiger partial charge in [0.25, 0.3) is 0 Å². The first-order valence-corrected chi connectivity index (χ1v) is 10.3. The van der Waals surface area contributed by atoms with Crippen LogP contribution in [-0.2, 0) is 15.0 Å². The van der Waals surface area contributed by atoms with Gasteiger partial charge in [-0.15, -0.1) is 0 Å². The largest absolute Gasteiger partial charge is 0.481 e. The van der Waals surface area contributed by atoms with Crippen molar-refractivity contribution in [1.29, 1.82) is 0 Å².